The molecule has 6 rings (SSSR count). The molecule has 9 nitrogen and oxygen atoms in total. The topological polar surface area (TPSA) is 81.2 Å². The minimum atomic E-state index is -0.432. The maximum atomic E-state index is 5.34. The Labute approximate surface area is 270 Å². The molecule has 0 aliphatic heterocycles. The second-order valence-electron chi connectivity index (χ2n) is 11.6. The van der Waals surface area contributed by atoms with Crippen LogP contribution >= 0.6 is 0 Å². The zero-order chi connectivity index (χ0) is 32.2. The zero-order valence-electron chi connectivity index (χ0n) is 27.3. The maximum Gasteiger partial charge on any atom is 0.238 e. The van der Waals surface area contributed by atoms with Crippen LogP contribution in [0.4, 0.5) is 0 Å². The lowest BCUT2D eigenvalue weighted by Crippen LogP contribution is -2.31. The molecule has 236 valence electrons. The summed E-state index contributed by atoms with van der Waals surface area (Å²) < 4.78 is 22.1. The molecule has 0 amide bonds. The Morgan fingerprint density at radius 1 is 0.457 bits per heavy atom. The van der Waals surface area contributed by atoms with E-state index < -0.39 is 6.29 Å². The molecule has 0 saturated carbocycles. The molecule has 46 heavy (non-hydrogen) atoms. The molecular weight excluding hydrogens is 576 g/mol. The van der Waals surface area contributed by atoms with E-state index in [1.165, 1.54) is 0 Å². The molecule has 0 N–H and O–H groups in total. The Morgan fingerprint density at radius 2 is 0.717 bits per heavy atom. The van der Waals surface area contributed by atoms with Gasteiger partial charge in [-0.05, 0) is 92.1 Å². The lowest BCUT2D eigenvalue weighted by Gasteiger charge is -2.23. The predicted octanol–water partition coefficient (Wildman–Crippen LogP) is 6.55. The summed E-state index contributed by atoms with van der Waals surface area (Å²) in [6, 6.07) is 30.8. The second-order valence-corrected chi connectivity index (χ2v) is 11.6. The number of rotatable bonds is 12. The van der Waals surface area contributed by atoms with Crippen molar-refractivity contribution in [1.82, 2.24) is 29.3 Å². The minimum Gasteiger partial charge on any atom is -0.497 e. The van der Waals surface area contributed by atoms with Gasteiger partial charge < -0.3 is 14.2 Å². The first-order valence-electron chi connectivity index (χ1n) is 15.4. The van der Waals surface area contributed by atoms with E-state index in [0.29, 0.717) is 19.3 Å². The molecule has 0 aliphatic rings. The van der Waals surface area contributed by atoms with Crippen LogP contribution < -0.4 is 14.2 Å². The number of nitrogens with zero attached hydrogens (tertiary/aromatic N) is 6. The van der Waals surface area contributed by atoms with Gasteiger partial charge >= 0.3 is 0 Å². The predicted molar refractivity (Wildman–Crippen MR) is 178 cm³/mol. The Bertz CT molecular complexity index is 1680. The number of methoxy groups -OCH3 is 3. The average molecular weight is 617 g/mol. The molecule has 6 aromatic rings. The number of benzene rings is 3. The molecule has 0 atom stereocenters. The summed E-state index contributed by atoms with van der Waals surface area (Å²) in [5, 5.41) is 15.4. The van der Waals surface area contributed by atoms with Gasteiger partial charge in [0.1, 0.15) is 17.2 Å². The fourth-order valence-corrected chi connectivity index (χ4v) is 5.79. The van der Waals surface area contributed by atoms with Crippen LogP contribution in [-0.2, 0) is 19.3 Å². The molecule has 0 saturated heterocycles. The van der Waals surface area contributed by atoms with E-state index in [1.807, 2.05) is 50.4 Å². The SMILES string of the molecule is COc1ccc(Cc2cc(C)n(C(n3nc(Cc4ccc(OC)cc4)cc3C)n3nc(Cc4ccc(OC)cc4)cc3C)n2)cc1. The normalized spacial score (nSPS) is 11.3. The van der Waals surface area contributed by atoms with E-state index in [-0.39, 0.29) is 0 Å². The first-order chi connectivity index (χ1) is 22.3. The van der Waals surface area contributed by atoms with Crippen molar-refractivity contribution in [2.45, 2.75) is 46.3 Å². The largest absolute Gasteiger partial charge is 0.497 e. The number of hydrogen-bond donors (Lipinski definition) is 0. The van der Waals surface area contributed by atoms with Gasteiger partial charge in [0, 0.05) is 36.3 Å². The number of ether oxygens (including phenoxy) is 3. The van der Waals surface area contributed by atoms with Gasteiger partial charge in [-0.1, -0.05) is 36.4 Å². The van der Waals surface area contributed by atoms with Crippen LogP contribution in [0, 0.1) is 20.8 Å². The fourth-order valence-electron chi connectivity index (χ4n) is 5.79. The molecule has 3 heterocycles. The molecule has 3 aromatic heterocycles. The van der Waals surface area contributed by atoms with Crippen LogP contribution in [0.2, 0.25) is 0 Å². The third-order valence-corrected chi connectivity index (χ3v) is 8.21. The standard InChI is InChI=1S/C37H40N6O3/c1-25-19-31(22-28-7-13-34(44-4)14-8-28)38-41(25)37(42-26(2)20-32(39-42)23-29-9-15-35(45-5)16-10-29)43-27(3)21-33(40-43)24-30-11-17-36(46-6)18-12-30/h7-21,37H,22-24H2,1-6H3. The first-order valence-corrected chi connectivity index (χ1v) is 15.4. The highest BCUT2D eigenvalue weighted by Gasteiger charge is 2.25. The van der Waals surface area contributed by atoms with Gasteiger partial charge in [0.15, 0.2) is 0 Å². The summed E-state index contributed by atoms with van der Waals surface area (Å²) >= 11 is 0. The van der Waals surface area contributed by atoms with Crippen molar-refractivity contribution in [2.75, 3.05) is 21.3 Å². The van der Waals surface area contributed by atoms with Crippen LogP contribution in [-0.4, -0.2) is 50.7 Å². The summed E-state index contributed by atoms with van der Waals surface area (Å²) in [4.78, 5) is 0. The third-order valence-electron chi connectivity index (χ3n) is 8.21. The highest BCUT2D eigenvalue weighted by atomic mass is 16.5. The molecule has 0 aliphatic carbocycles. The van der Waals surface area contributed by atoms with Crippen molar-refractivity contribution in [1.29, 1.82) is 0 Å². The van der Waals surface area contributed by atoms with Gasteiger partial charge in [0.05, 0.1) is 38.4 Å². The number of aryl methyl sites for hydroxylation is 3. The summed E-state index contributed by atoms with van der Waals surface area (Å²) in [6.45, 7) is 6.27. The van der Waals surface area contributed by atoms with E-state index in [2.05, 4.69) is 75.4 Å². The van der Waals surface area contributed by atoms with Gasteiger partial charge in [0.2, 0.25) is 6.29 Å². The lowest BCUT2D eigenvalue weighted by molar-refractivity contribution is 0.268. The highest BCUT2D eigenvalue weighted by Crippen LogP contribution is 2.25. The number of aromatic nitrogens is 6. The van der Waals surface area contributed by atoms with Gasteiger partial charge in [-0.25, -0.2) is 14.0 Å². The monoisotopic (exact) mass is 616 g/mol. The zero-order valence-corrected chi connectivity index (χ0v) is 27.3. The average Bonchev–Trinajstić information content (AvgIpc) is 3.74. The van der Waals surface area contributed by atoms with E-state index in [1.54, 1.807) is 21.3 Å². The maximum absolute atomic E-state index is 5.34. The quantitative estimate of drug-likeness (QED) is 0.155. The smallest absolute Gasteiger partial charge is 0.238 e. The fraction of sp³-hybridized carbons (Fsp3) is 0.270. The minimum absolute atomic E-state index is 0.432. The van der Waals surface area contributed by atoms with E-state index in [9.17, 15) is 0 Å². The Hall–Kier alpha value is -5.31. The highest BCUT2D eigenvalue weighted by molar-refractivity contribution is 5.32. The van der Waals surface area contributed by atoms with Crippen molar-refractivity contribution in [3.8, 4) is 17.2 Å². The van der Waals surface area contributed by atoms with Crippen molar-refractivity contribution in [2.24, 2.45) is 0 Å². The summed E-state index contributed by atoms with van der Waals surface area (Å²) in [7, 11) is 5.04. The van der Waals surface area contributed by atoms with Gasteiger partial charge in [-0.2, -0.15) is 15.3 Å². The van der Waals surface area contributed by atoms with Crippen molar-refractivity contribution >= 4 is 0 Å². The molecule has 0 spiro atoms. The third kappa shape index (κ3) is 6.68. The summed E-state index contributed by atoms with van der Waals surface area (Å²) in [5.74, 6) is 2.51. The van der Waals surface area contributed by atoms with Crippen LogP contribution in [0.25, 0.3) is 0 Å². The molecule has 0 radical (unpaired) electrons. The van der Waals surface area contributed by atoms with Crippen LogP contribution in [0.15, 0.2) is 91.0 Å². The van der Waals surface area contributed by atoms with Gasteiger partial charge in [0.25, 0.3) is 0 Å². The van der Waals surface area contributed by atoms with Gasteiger partial charge in [-0.3, -0.25) is 0 Å². The Balaban J connectivity index is 1.37. The van der Waals surface area contributed by atoms with Crippen molar-refractivity contribution in [3.63, 3.8) is 0 Å². The van der Waals surface area contributed by atoms with E-state index in [4.69, 9.17) is 29.5 Å². The van der Waals surface area contributed by atoms with Crippen molar-refractivity contribution in [3.05, 3.63) is 142 Å². The molecular formula is C37H40N6O3. The molecule has 0 fully saturated rings. The van der Waals surface area contributed by atoms with Crippen LogP contribution in [0.1, 0.15) is 57.1 Å². The summed E-state index contributed by atoms with van der Waals surface area (Å²) in [5.41, 5.74) is 9.46. The summed E-state index contributed by atoms with van der Waals surface area (Å²) in [6.07, 6.45) is 1.67. The van der Waals surface area contributed by atoms with Crippen molar-refractivity contribution < 1.29 is 14.2 Å². The van der Waals surface area contributed by atoms with E-state index >= 15 is 0 Å². The molecule has 0 unspecified atom stereocenters. The Morgan fingerprint density at radius 3 is 0.957 bits per heavy atom. The molecule has 9 heteroatoms. The van der Waals surface area contributed by atoms with Gasteiger partial charge in [-0.15, -0.1) is 0 Å². The number of hydrogen-bond acceptors (Lipinski definition) is 6. The molecule has 3 aromatic carbocycles. The Kier molecular flexibility index (Phi) is 8.92. The van der Waals surface area contributed by atoms with E-state index in [0.717, 1.165) is 68.1 Å². The molecule has 0 bridgehead atoms. The first kappa shape index (κ1) is 30.7. The van der Waals surface area contributed by atoms with Crippen LogP contribution in [0.5, 0.6) is 17.2 Å². The second kappa shape index (κ2) is 13.4. The van der Waals surface area contributed by atoms with Crippen LogP contribution in [0.3, 0.4) is 0 Å². The lowest BCUT2D eigenvalue weighted by atomic mass is 10.1.